The van der Waals surface area contributed by atoms with Crippen LogP contribution in [0.3, 0.4) is 0 Å². The molecule has 1 heterocycles. The van der Waals surface area contributed by atoms with Crippen molar-refractivity contribution in [3.8, 4) is 0 Å². The lowest BCUT2D eigenvalue weighted by Crippen LogP contribution is -2.44. The lowest BCUT2D eigenvalue weighted by atomic mass is 10.1. The Morgan fingerprint density at radius 2 is 1.72 bits per heavy atom. The molecular weight excluding hydrogens is 628 g/mol. The summed E-state index contributed by atoms with van der Waals surface area (Å²) in [5.74, 6) is -1.29. The van der Waals surface area contributed by atoms with Gasteiger partial charge >= 0.3 is 17.2 Å². The van der Waals surface area contributed by atoms with E-state index in [4.69, 9.17) is 10.5 Å². The normalized spacial score (nSPS) is 11.9. The molecule has 1 aromatic heterocycles. The zero-order chi connectivity index (χ0) is 34.1. The molecule has 1 atom stereocenters. The SMILES string of the molecule is CCOC(=O)c1ccc(N(CC(O)CN(CCCc2ccccc2)c2nc(N)[nH]c(=O)c2[N+](=O)[O-])S(=O)(=O)c2ccc(C)cc2)cc1. The maximum absolute atomic E-state index is 14.0. The first kappa shape index (κ1) is 34.6. The monoisotopic (exact) mass is 664 g/mol. The van der Waals surface area contributed by atoms with Gasteiger partial charge in [-0.1, -0.05) is 48.0 Å². The molecule has 0 fully saturated rings. The highest BCUT2D eigenvalue weighted by Gasteiger charge is 2.31. The van der Waals surface area contributed by atoms with Crippen LogP contribution >= 0.6 is 0 Å². The second-order valence-corrected chi connectivity index (χ2v) is 12.5. The lowest BCUT2D eigenvalue weighted by molar-refractivity contribution is -0.385. The molecule has 4 aromatic rings. The van der Waals surface area contributed by atoms with E-state index in [9.17, 15) is 33.2 Å². The average molecular weight is 665 g/mol. The number of esters is 1. The van der Waals surface area contributed by atoms with Gasteiger partial charge in [-0.2, -0.15) is 4.98 Å². The Hall–Kier alpha value is -5.28. The van der Waals surface area contributed by atoms with E-state index < -0.39 is 44.8 Å². The number of aromatic nitrogens is 2. The largest absolute Gasteiger partial charge is 0.462 e. The Labute approximate surface area is 271 Å². The first-order valence-corrected chi connectivity index (χ1v) is 16.2. The number of sulfonamides is 1. The summed E-state index contributed by atoms with van der Waals surface area (Å²) >= 11 is 0. The van der Waals surface area contributed by atoms with Gasteiger partial charge in [0, 0.05) is 13.1 Å². The van der Waals surface area contributed by atoms with Crippen LogP contribution in [-0.2, 0) is 21.2 Å². The molecular formula is C32H36N6O8S. The number of hydrogen-bond donors (Lipinski definition) is 3. The van der Waals surface area contributed by atoms with E-state index >= 15 is 0 Å². The second-order valence-electron chi connectivity index (χ2n) is 10.7. The van der Waals surface area contributed by atoms with Crippen LogP contribution in [0.15, 0.2) is 88.6 Å². The maximum atomic E-state index is 14.0. The molecule has 3 aromatic carbocycles. The number of nitrogen functional groups attached to an aromatic ring is 1. The smallest absolute Gasteiger partial charge is 0.375 e. The number of hydrogen-bond acceptors (Lipinski definition) is 11. The first-order valence-electron chi connectivity index (χ1n) is 14.8. The fourth-order valence-electron chi connectivity index (χ4n) is 4.92. The fraction of sp³-hybridized carbons (Fsp3) is 0.281. The van der Waals surface area contributed by atoms with Crippen LogP contribution in [0.4, 0.5) is 23.1 Å². The number of carbonyl (C=O) groups excluding carboxylic acids is 1. The van der Waals surface area contributed by atoms with Crippen LogP contribution < -0.4 is 20.5 Å². The van der Waals surface area contributed by atoms with Crippen molar-refractivity contribution in [1.29, 1.82) is 0 Å². The standard InChI is InChI=1S/C32H36N6O8S/c1-3-46-31(41)24-13-15-25(16-14-24)37(47(44,45)27-17-11-22(2)12-18-27)21-26(39)20-36(19-7-10-23-8-5-4-6-9-23)29-28(38(42)43)30(40)35-32(33)34-29/h4-6,8-9,11-18,26,39H,3,7,10,19-21H2,1-2H3,(H3,33,34,35,40). The number of aliphatic hydroxyl groups excluding tert-OH is 1. The molecule has 0 saturated heterocycles. The molecule has 15 heteroatoms. The molecule has 4 rings (SSSR count). The minimum Gasteiger partial charge on any atom is -0.462 e. The van der Waals surface area contributed by atoms with E-state index in [0.29, 0.717) is 12.8 Å². The van der Waals surface area contributed by atoms with Crippen molar-refractivity contribution in [3.05, 3.63) is 116 Å². The van der Waals surface area contributed by atoms with Crippen molar-refractivity contribution >= 4 is 39.1 Å². The molecule has 47 heavy (non-hydrogen) atoms. The minimum atomic E-state index is -4.26. The van der Waals surface area contributed by atoms with Gasteiger partial charge in [0.25, 0.3) is 10.0 Å². The quantitative estimate of drug-likeness (QED) is 0.0954. The Morgan fingerprint density at radius 3 is 2.34 bits per heavy atom. The third kappa shape index (κ3) is 8.71. The van der Waals surface area contributed by atoms with E-state index in [2.05, 4.69) is 9.97 Å². The minimum absolute atomic E-state index is 0.0378. The zero-order valence-electron chi connectivity index (χ0n) is 25.9. The molecule has 0 aliphatic rings. The molecule has 0 bridgehead atoms. The van der Waals surface area contributed by atoms with Crippen LogP contribution in [-0.4, -0.2) is 66.7 Å². The highest BCUT2D eigenvalue weighted by Crippen LogP contribution is 2.27. The maximum Gasteiger partial charge on any atom is 0.375 e. The number of benzene rings is 3. The van der Waals surface area contributed by atoms with E-state index in [-0.39, 0.29) is 47.6 Å². The lowest BCUT2D eigenvalue weighted by Gasteiger charge is -2.30. The van der Waals surface area contributed by atoms with E-state index in [0.717, 1.165) is 15.4 Å². The number of nitrogens with two attached hydrogens (primary N) is 1. The van der Waals surface area contributed by atoms with Crippen LogP contribution in [0.2, 0.25) is 0 Å². The number of nitrogens with one attached hydrogen (secondary N) is 1. The summed E-state index contributed by atoms with van der Waals surface area (Å²) in [5.41, 5.74) is 6.04. The molecule has 0 saturated carbocycles. The number of H-pyrrole nitrogens is 1. The molecule has 0 amide bonds. The number of nitrogens with zero attached hydrogens (tertiary/aromatic N) is 4. The number of anilines is 3. The molecule has 0 spiro atoms. The van der Waals surface area contributed by atoms with Gasteiger partial charge in [0.15, 0.2) is 0 Å². The highest BCUT2D eigenvalue weighted by molar-refractivity contribution is 7.92. The number of carbonyl (C=O) groups is 1. The van der Waals surface area contributed by atoms with Gasteiger partial charge in [-0.05, 0) is 68.7 Å². The first-order chi connectivity index (χ1) is 22.4. The van der Waals surface area contributed by atoms with Crippen LogP contribution in [0.1, 0.15) is 34.8 Å². The van der Waals surface area contributed by atoms with Gasteiger partial charge in [-0.15, -0.1) is 0 Å². The topological polar surface area (TPSA) is 202 Å². The number of aryl methyl sites for hydroxylation is 2. The predicted molar refractivity (Wildman–Crippen MR) is 177 cm³/mol. The number of rotatable bonds is 15. The number of ether oxygens (including phenoxy) is 1. The molecule has 0 aliphatic carbocycles. The Balaban J connectivity index is 1.69. The Morgan fingerprint density at radius 1 is 1.06 bits per heavy atom. The molecule has 0 aliphatic heterocycles. The summed E-state index contributed by atoms with van der Waals surface area (Å²) in [6, 6.07) is 21.3. The van der Waals surface area contributed by atoms with E-state index in [1.165, 1.54) is 41.3 Å². The molecule has 4 N–H and O–H groups in total. The van der Waals surface area contributed by atoms with Gasteiger partial charge < -0.3 is 20.5 Å². The summed E-state index contributed by atoms with van der Waals surface area (Å²) in [6.45, 7) is 2.92. The van der Waals surface area contributed by atoms with Gasteiger partial charge in [0.2, 0.25) is 11.8 Å². The van der Waals surface area contributed by atoms with Crippen LogP contribution in [0.25, 0.3) is 0 Å². The second kappa shape index (κ2) is 15.3. The summed E-state index contributed by atoms with van der Waals surface area (Å²) in [5, 5.41) is 23.4. The number of nitro groups is 1. The summed E-state index contributed by atoms with van der Waals surface area (Å²) in [7, 11) is -4.26. The molecule has 14 nitrogen and oxygen atoms in total. The Kier molecular flexibility index (Phi) is 11.3. The van der Waals surface area contributed by atoms with Crippen molar-refractivity contribution in [1.82, 2.24) is 9.97 Å². The van der Waals surface area contributed by atoms with Gasteiger partial charge in [-0.3, -0.25) is 24.2 Å². The summed E-state index contributed by atoms with van der Waals surface area (Å²) < 4.78 is 33.9. The summed E-state index contributed by atoms with van der Waals surface area (Å²) in [4.78, 5) is 43.3. The number of aromatic amines is 1. The van der Waals surface area contributed by atoms with Crippen molar-refractivity contribution in [2.75, 3.05) is 41.2 Å². The highest BCUT2D eigenvalue weighted by atomic mass is 32.2. The van der Waals surface area contributed by atoms with Crippen LogP contribution in [0, 0.1) is 17.0 Å². The van der Waals surface area contributed by atoms with Gasteiger partial charge in [0.05, 0.1) is 40.3 Å². The van der Waals surface area contributed by atoms with Crippen molar-refractivity contribution in [2.24, 2.45) is 0 Å². The Bertz CT molecular complexity index is 1850. The fourth-order valence-corrected chi connectivity index (χ4v) is 6.42. The van der Waals surface area contributed by atoms with Crippen molar-refractivity contribution < 1.29 is 28.0 Å². The third-order valence-electron chi connectivity index (χ3n) is 7.20. The van der Waals surface area contributed by atoms with Gasteiger partial charge in [-0.25, -0.2) is 13.2 Å². The third-order valence-corrected chi connectivity index (χ3v) is 9.00. The van der Waals surface area contributed by atoms with E-state index in [1.54, 1.807) is 19.1 Å². The van der Waals surface area contributed by atoms with E-state index in [1.807, 2.05) is 37.3 Å². The van der Waals surface area contributed by atoms with Crippen molar-refractivity contribution in [3.63, 3.8) is 0 Å². The molecule has 1 unspecified atom stereocenters. The average Bonchev–Trinajstić information content (AvgIpc) is 3.03. The summed E-state index contributed by atoms with van der Waals surface area (Å²) in [6.07, 6.45) is -0.428. The zero-order valence-corrected chi connectivity index (χ0v) is 26.7. The number of aliphatic hydroxyl groups is 1. The van der Waals surface area contributed by atoms with Gasteiger partial charge in [0.1, 0.15) is 0 Å². The van der Waals surface area contributed by atoms with Crippen molar-refractivity contribution in [2.45, 2.75) is 37.7 Å². The van der Waals surface area contributed by atoms with Crippen LogP contribution in [0.5, 0.6) is 0 Å². The predicted octanol–water partition coefficient (Wildman–Crippen LogP) is 3.44. The molecule has 248 valence electrons. The molecule has 0 radical (unpaired) electrons.